The minimum atomic E-state index is -0.0145. The fourth-order valence-electron chi connectivity index (χ4n) is 3.04. The number of carbonyl (C=O) groups excluding carboxylic acids is 2. The molecule has 0 aromatic carbocycles. The van der Waals surface area contributed by atoms with Crippen molar-refractivity contribution in [1.82, 2.24) is 15.1 Å². The molecule has 0 aliphatic carbocycles. The van der Waals surface area contributed by atoms with Gasteiger partial charge >= 0.3 is 0 Å². The lowest BCUT2D eigenvalue weighted by molar-refractivity contribution is -0.138. The highest BCUT2D eigenvalue weighted by atomic mass is 16.2. The van der Waals surface area contributed by atoms with E-state index in [1.54, 1.807) is 0 Å². The molecule has 5 heteroatoms. The Morgan fingerprint density at radius 3 is 2.24 bits per heavy atom. The van der Waals surface area contributed by atoms with Gasteiger partial charge in [0, 0.05) is 18.1 Å². The third kappa shape index (κ3) is 5.65. The summed E-state index contributed by atoms with van der Waals surface area (Å²) in [6, 6.07) is 0.753. The topological polar surface area (TPSA) is 52.7 Å². The Kier molecular flexibility index (Phi) is 7.15. The van der Waals surface area contributed by atoms with E-state index in [-0.39, 0.29) is 24.4 Å². The minimum Gasteiger partial charge on any atom is -0.353 e. The molecular weight excluding hydrogens is 266 g/mol. The second-order valence-electron chi connectivity index (χ2n) is 6.46. The van der Waals surface area contributed by atoms with Crippen molar-refractivity contribution < 1.29 is 9.59 Å². The van der Waals surface area contributed by atoms with E-state index in [4.69, 9.17) is 0 Å². The molecule has 1 aliphatic rings. The molecular formula is C16H31N3O2. The number of hydrogen-bond acceptors (Lipinski definition) is 3. The Morgan fingerprint density at radius 2 is 1.76 bits per heavy atom. The van der Waals surface area contributed by atoms with E-state index < -0.39 is 0 Å². The van der Waals surface area contributed by atoms with E-state index in [1.807, 2.05) is 30.6 Å². The van der Waals surface area contributed by atoms with Crippen LogP contribution in [0.1, 0.15) is 53.9 Å². The van der Waals surface area contributed by atoms with Crippen LogP contribution in [0.5, 0.6) is 0 Å². The Hall–Kier alpha value is -1.10. The summed E-state index contributed by atoms with van der Waals surface area (Å²) in [4.78, 5) is 28.3. The van der Waals surface area contributed by atoms with Crippen molar-refractivity contribution in [2.45, 2.75) is 72.0 Å². The molecule has 1 fully saturated rings. The quantitative estimate of drug-likeness (QED) is 0.810. The molecule has 0 bridgehead atoms. The van der Waals surface area contributed by atoms with Crippen molar-refractivity contribution in [1.29, 1.82) is 0 Å². The highest BCUT2D eigenvalue weighted by Crippen LogP contribution is 2.22. The van der Waals surface area contributed by atoms with Gasteiger partial charge in [0.15, 0.2) is 0 Å². The number of nitrogens with one attached hydrogen (secondary N) is 1. The third-order valence-electron chi connectivity index (χ3n) is 4.10. The zero-order valence-electron chi connectivity index (χ0n) is 14.2. The van der Waals surface area contributed by atoms with Crippen molar-refractivity contribution in [2.75, 3.05) is 19.6 Å². The number of amides is 2. The number of nitrogens with zero attached hydrogens (tertiary/aromatic N) is 2. The lowest BCUT2D eigenvalue weighted by Crippen LogP contribution is -2.52. The molecule has 0 aromatic rings. The summed E-state index contributed by atoms with van der Waals surface area (Å²) in [5, 5.41) is 2.87. The second-order valence-corrected chi connectivity index (χ2v) is 6.46. The van der Waals surface area contributed by atoms with Crippen molar-refractivity contribution in [3.63, 3.8) is 0 Å². The normalized spacial score (nSPS) is 22.7. The van der Waals surface area contributed by atoms with Crippen LogP contribution in [0, 0.1) is 0 Å². The largest absolute Gasteiger partial charge is 0.353 e. The third-order valence-corrected chi connectivity index (χ3v) is 4.10. The molecule has 1 saturated heterocycles. The molecule has 1 N–H and O–H groups in total. The van der Waals surface area contributed by atoms with Crippen LogP contribution in [0.3, 0.4) is 0 Å². The van der Waals surface area contributed by atoms with Crippen molar-refractivity contribution in [3.05, 3.63) is 0 Å². The molecule has 21 heavy (non-hydrogen) atoms. The van der Waals surface area contributed by atoms with Gasteiger partial charge in [-0.1, -0.05) is 6.92 Å². The molecule has 122 valence electrons. The summed E-state index contributed by atoms with van der Waals surface area (Å²) in [6.45, 7) is 11.4. The predicted molar refractivity (Wildman–Crippen MR) is 85.0 cm³/mol. The molecule has 1 heterocycles. The molecule has 0 aromatic heterocycles. The Morgan fingerprint density at radius 1 is 1.19 bits per heavy atom. The van der Waals surface area contributed by atoms with Gasteiger partial charge in [0.2, 0.25) is 11.8 Å². The molecule has 5 nitrogen and oxygen atoms in total. The first-order valence-electron chi connectivity index (χ1n) is 8.18. The summed E-state index contributed by atoms with van der Waals surface area (Å²) in [7, 11) is 0. The number of likely N-dealkylation sites (tertiary alicyclic amines) is 1. The van der Waals surface area contributed by atoms with Crippen molar-refractivity contribution in [2.24, 2.45) is 0 Å². The van der Waals surface area contributed by atoms with Crippen molar-refractivity contribution >= 4 is 11.8 Å². The minimum absolute atomic E-state index is 0.0145. The average molecular weight is 297 g/mol. The van der Waals surface area contributed by atoms with Gasteiger partial charge in [-0.2, -0.15) is 0 Å². The Labute approximate surface area is 129 Å². The number of piperidine rings is 1. The highest BCUT2D eigenvalue weighted by molar-refractivity contribution is 5.81. The second kappa shape index (κ2) is 8.37. The van der Waals surface area contributed by atoms with Crippen LogP contribution in [-0.4, -0.2) is 59.4 Å². The molecule has 1 rings (SSSR count). The van der Waals surface area contributed by atoms with Gasteiger partial charge in [-0.05, 0) is 53.5 Å². The number of likely N-dealkylation sites (N-methyl/N-ethyl adjacent to an activating group) is 1. The van der Waals surface area contributed by atoms with E-state index in [0.29, 0.717) is 25.2 Å². The number of rotatable bonds is 6. The fourth-order valence-corrected chi connectivity index (χ4v) is 3.04. The first-order valence-corrected chi connectivity index (χ1v) is 8.18. The van der Waals surface area contributed by atoms with Crippen LogP contribution >= 0.6 is 0 Å². The molecule has 0 saturated carbocycles. The molecule has 0 radical (unpaired) electrons. The summed E-state index contributed by atoms with van der Waals surface area (Å²) in [6.07, 6.45) is 3.35. The van der Waals surface area contributed by atoms with Gasteiger partial charge < -0.3 is 10.2 Å². The van der Waals surface area contributed by atoms with Gasteiger partial charge in [0.25, 0.3) is 0 Å². The molecule has 0 spiro atoms. The van der Waals surface area contributed by atoms with Crippen LogP contribution < -0.4 is 5.32 Å². The lowest BCUT2D eigenvalue weighted by Gasteiger charge is -2.40. The van der Waals surface area contributed by atoms with Gasteiger partial charge in [-0.3, -0.25) is 14.5 Å². The Bertz CT molecular complexity index is 347. The standard InChI is InChI=1S/C16H31N3O2/c1-6-18(10-15(20)17-12(2)3)11-16(21)19-13(4)8-7-9-14(19)5/h12-14H,6-11H2,1-5H3,(H,17,20). The number of carbonyl (C=O) groups is 2. The maximum atomic E-state index is 12.5. The van der Waals surface area contributed by atoms with Gasteiger partial charge in [-0.15, -0.1) is 0 Å². The first-order chi connectivity index (χ1) is 9.85. The molecule has 1 aliphatic heterocycles. The smallest absolute Gasteiger partial charge is 0.237 e. The van der Waals surface area contributed by atoms with E-state index in [1.165, 1.54) is 6.42 Å². The van der Waals surface area contributed by atoms with Crippen LogP contribution in [-0.2, 0) is 9.59 Å². The van der Waals surface area contributed by atoms with E-state index in [0.717, 1.165) is 12.8 Å². The van der Waals surface area contributed by atoms with Gasteiger partial charge in [0.05, 0.1) is 13.1 Å². The molecule has 2 unspecified atom stereocenters. The first kappa shape index (κ1) is 18.0. The maximum absolute atomic E-state index is 12.5. The summed E-state index contributed by atoms with van der Waals surface area (Å²) in [5.41, 5.74) is 0. The molecule has 2 amide bonds. The van der Waals surface area contributed by atoms with Crippen molar-refractivity contribution in [3.8, 4) is 0 Å². The predicted octanol–water partition coefficient (Wildman–Crippen LogP) is 1.62. The average Bonchev–Trinajstić information content (AvgIpc) is 2.36. The van der Waals surface area contributed by atoms with Crippen LogP contribution in [0.4, 0.5) is 0 Å². The summed E-state index contributed by atoms with van der Waals surface area (Å²) < 4.78 is 0. The summed E-state index contributed by atoms with van der Waals surface area (Å²) >= 11 is 0. The number of hydrogen-bond donors (Lipinski definition) is 1. The zero-order valence-corrected chi connectivity index (χ0v) is 14.2. The Balaban J connectivity index is 2.55. The van der Waals surface area contributed by atoms with Crippen LogP contribution in [0.25, 0.3) is 0 Å². The van der Waals surface area contributed by atoms with Gasteiger partial charge in [-0.25, -0.2) is 0 Å². The van der Waals surface area contributed by atoms with E-state index in [9.17, 15) is 9.59 Å². The van der Waals surface area contributed by atoms with Crippen LogP contribution in [0.15, 0.2) is 0 Å². The lowest BCUT2D eigenvalue weighted by atomic mass is 9.97. The maximum Gasteiger partial charge on any atom is 0.237 e. The summed E-state index contributed by atoms with van der Waals surface area (Å²) in [5.74, 6) is 0.133. The van der Waals surface area contributed by atoms with E-state index >= 15 is 0 Å². The zero-order chi connectivity index (χ0) is 16.0. The van der Waals surface area contributed by atoms with E-state index in [2.05, 4.69) is 19.2 Å². The molecule has 2 atom stereocenters. The van der Waals surface area contributed by atoms with Gasteiger partial charge in [0.1, 0.15) is 0 Å². The highest BCUT2D eigenvalue weighted by Gasteiger charge is 2.29. The fraction of sp³-hybridized carbons (Fsp3) is 0.875. The monoisotopic (exact) mass is 297 g/mol. The SMILES string of the molecule is CCN(CC(=O)NC(C)C)CC(=O)N1C(C)CCCC1C. The van der Waals surface area contributed by atoms with Crippen LogP contribution in [0.2, 0.25) is 0 Å².